The van der Waals surface area contributed by atoms with Gasteiger partial charge in [-0.1, -0.05) is 0 Å². The number of nitrogens with one attached hydrogen (secondary N) is 2. The topological polar surface area (TPSA) is 95.1 Å². The predicted octanol–water partition coefficient (Wildman–Crippen LogP) is 1.40. The van der Waals surface area contributed by atoms with Gasteiger partial charge in [-0.05, 0) is 33.6 Å². The van der Waals surface area contributed by atoms with Crippen molar-refractivity contribution in [3.8, 4) is 0 Å². The molecule has 0 aliphatic carbocycles. The van der Waals surface area contributed by atoms with E-state index in [0.29, 0.717) is 24.1 Å². The summed E-state index contributed by atoms with van der Waals surface area (Å²) in [4.78, 5) is 22.3. The lowest BCUT2D eigenvalue weighted by atomic mass is 10.1. The number of hydrogen-bond acceptors (Lipinski definition) is 3. The van der Waals surface area contributed by atoms with Crippen LogP contribution in [0.15, 0.2) is 0 Å². The molecule has 0 radical (unpaired) electrons. The standard InChI is InChI=1S/C12H19N3O3/c1-7(5-4-6-10(16)17)13-12(18)11-8(2)14-15-9(11)3/h7H,4-6H2,1-3H3,(H,13,18)(H,14,15)(H,16,17). The number of aromatic amines is 1. The summed E-state index contributed by atoms with van der Waals surface area (Å²) in [7, 11) is 0. The van der Waals surface area contributed by atoms with Crippen molar-refractivity contribution in [2.75, 3.05) is 0 Å². The summed E-state index contributed by atoms with van der Waals surface area (Å²) in [5, 5.41) is 18.1. The Morgan fingerprint density at radius 3 is 2.61 bits per heavy atom. The van der Waals surface area contributed by atoms with Gasteiger partial charge < -0.3 is 10.4 Å². The van der Waals surface area contributed by atoms with Gasteiger partial charge in [0.25, 0.3) is 5.91 Å². The first kappa shape index (κ1) is 14.2. The fourth-order valence-corrected chi connectivity index (χ4v) is 1.81. The third-order valence-electron chi connectivity index (χ3n) is 2.76. The SMILES string of the molecule is Cc1n[nH]c(C)c1C(=O)NC(C)CCCC(=O)O. The van der Waals surface area contributed by atoms with Crippen molar-refractivity contribution in [1.29, 1.82) is 0 Å². The molecule has 1 unspecified atom stereocenters. The van der Waals surface area contributed by atoms with Crippen LogP contribution in [-0.4, -0.2) is 33.2 Å². The van der Waals surface area contributed by atoms with Gasteiger partial charge in [-0.2, -0.15) is 5.10 Å². The summed E-state index contributed by atoms with van der Waals surface area (Å²) in [5.41, 5.74) is 1.98. The van der Waals surface area contributed by atoms with Gasteiger partial charge in [0.2, 0.25) is 0 Å². The maximum Gasteiger partial charge on any atom is 0.303 e. The Bertz CT molecular complexity index is 420. The van der Waals surface area contributed by atoms with Crippen LogP contribution in [0.25, 0.3) is 0 Å². The molecule has 0 aromatic carbocycles. The minimum absolute atomic E-state index is 0.0504. The van der Waals surface area contributed by atoms with Crippen LogP contribution in [0.4, 0.5) is 0 Å². The van der Waals surface area contributed by atoms with Crippen molar-refractivity contribution >= 4 is 11.9 Å². The van der Waals surface area contributed by atoms with Crippen molar-refractivity contribution in [2.24, 2.45) is 0 Å². The number of hydrogen-bond donors (Lipinski definition) is 3. The molecule has 6 heteroatoms. The molecule has 1 amide bonds. The fraction of sp³-hybridized carbons (Fsp3) is 0.583. The van der Waals surface area contributed by atoms with Gasteiger partial charge in [-0.3, -0.25) is 14.7 Å². The lowest BCUT2D eigenvalue weighted by Crippen LogP contribution is -2.33. The Kier molecular flexibility index (Phi) is 4.88. The molecule has 18 heavy (non-hydrogen) atoms. The molecular formula is C12H19N3O3. The normalized spacial score (nSPS) is 12.2. The number of carbonyl (C=O) groups is 2. The van der Waals surface area contributed by atoms with Crippen molar-refractivity contribution in [3.63, 3.8) is 0 Å². The first-order valence-electron chi connectivity index (χ1n) is 5.96. The minimum atomic E-state index is -0.810. The van der Waals surface area contributed by atoms with Crippen LogP contribution in [-0.2, 0) is 4.79 Å². The average Bonchev–Trinajstić information content (AvgIpc) is 2.57. The van der Waals surface area contributed by atoms with Gasteiger partial charge >= 0.3 is 5.97 Å². The Morgan fingerprint density at radius 2 is 2.11 bits per heavy atom. The number of aromatic nitrogens is 2. The van der Waals surface area contributed by atoms with Crippen molar-refractivity contribution < 1.29 is 14.7 Å². The number of rotatable bonds is 6. The van der Waals surface area contributed by atoms with E-state index in [4.69, 9.17) is 5.11 Å². The molecule has 1 rings (SSSR count). The quantitative estimate of drug-likeness (QED) is 0.714. The number of carbonyl (C=O) groups excluding carboxylic acids is 1. The molecule has 0 saturated carbocycles. The maximum absolute atomic E-state index is 12.0. The maximum atomic E-state index is 12.0. The zero-order chi connectivity index (χ0) is 13.7. The summed E-state index contributed by atoms with van der Waals surface area (Å²) in [6, 6.07) is -0.0504. The Hall–Kier alpha value is -1.85. The number of carboxylic acids is 1. The van der Waals surface area contributed by atoms with E-state index in [-0.39, 0.29) is 18.4 Å². The first-order chi connectivity index (χ1) is 8.41. The lowest BCUT2D eigenvalue weighted by molar-refractivity contribution is -0.137. The lowest BCUT2D eigenvalue weighted by Gasteiger charge is -2.13. The summed E-state index contributed by atoms with van der Waals surface area (Å²) in [5.74, 6) is -0.975. The molecule has 3 N–H and O–H groups in total. The van der Waals surface area contributed by atoms with Crippen LogP contribution < -0.4 is 5.32 Å². The number of amides is 1. The van der Waals surface area contributed by atoms with E-state index in [9.17, 15) is 9.59 Å². The largest absolute Gasteiger partial charge is 0.481 e. The molecule has 100 valence electrons. The molecular weight excluding hydrogens is 234 g/mol. The smallest absolute Gasteiger partial charge is 0.303 e. The van der Waals surface area contributed by atoms with Gasteiger partial charge in [0, 0.05) is 18.2 Å². The van der Waals surface area contributed by atoms with E-state index in [0.717, 1.165) is 5.69 Å². The number of H-pyrrole nitrogens is 1. The number of carboxylic acid groups (broad SMARTS) is 1. The van der Waals surface area contributed by atoms with Crippen LogP contribution in [0.5, 0.6) is 0 Å². The highest BCUT2D eigenvalue weighted by Crippen LogP contribution is 2.10. The summed E-state index contributed by atoms with van der Waals surface area (Å²) in [6.45, 7) is 5.43. The second kappa shape index (κ2) is 6.18. The molecule has 0 spiro atoms. The molecule has 0 saturated heterocycles. The number of nitrogens with zero attached hydrogens (tertiary/aromatic N) is 1. The first-order valence-corrected chi connectivity index (χ1v) is 5.96. The zero-order valence-electron chi connectivity index (χ0n) is 10.9. The Morgan fingerprint density at radius 1 is 1.44 bits per heavy atom. The highest BCUT2D eigenvalue weighted by atomic mass is 16.4. The van der Waals surface area contributed by atoms with Gasteiger partial charge in [0.05, 0.1) is 11.3 Å². The Balaban J connectivity index is 2.47. The predicted molar refractivity (Wildman–Crippen MR) is 66.5 cm³/mol. The third kappa shape index (κ3) is 3.87. The average molecular weight is 253 g/mol. The zero-order valence-corrected chi connectivity index (χ0v) is 10.9. The van der Waals surface area contributed by atoms with Crippen LogP contribution in [0.1, 0.15) is 47.9 Å². The highest BCUT2D eigenvalue weighted by molar-refractivity contribution is 5.96. The van der Waals surface area contributed by atoms with E-state index in [2.05, 4.69) is 15.5 Å². The molecule has 1 aromatic rings. The van der Waals surface area contributed by atoms with E-state index in [1.54, 1.807) is 13.8 Å². The van der Waals surface area contributed by atoms with E-state index < -0.39 is 5.97 Å². The van der Waals surface area contributed by atoms with E-state index in [1.165, 1.54) is 0 Å². The fourth-order valence-electron chi connectivity index (χ4n) is 1.81. The van der Waals surface area contributed by atoms with Gasteiger partial charge in [0.15, 0.2) is 0 Å². The molecule has 0 bridgehead atoms. The molecule has 1 heterocycles. The van der Waals surface area contributed by atoms with Crippen LogP contribution in [0, 0.1) is 13.8 Å². The van der Waals surface area contributed by atoms with Crippen molar-refractivity contribution in [2.45, 2.75) is 46.1 Å². The second-order valence-electron chi connectivity index (χ2n) is 4.47. The number of aryl methyl sites for hydroxylation is 2. The molecule has 0 aliphatic heterocycles. The van der Waals surface area contributed by atoms with E-state index in [1.807, 2.05) is 6.92 Å². The summed E-state index contributed by atoms with van der Waals surface area (Å²) < 4.78 is 0. The van der Waals surface area contributed by atoms with Crippen LogP contribution in [0.2, 0.25) is 0 Å². The molecule has 0 fully saturated rings. The Labute approximate surface area is 106 Å². The summed E-state index contributed by atoms with van der Waals surface area (Å²) in [6.07, 6.45) is 1.33. The molecule has 0 aliphatic rings. The monoisotopic (exact) mass is 253 g/mol. The van der Waals surface area contributed by atoms with Crippen molar-refractivity contribution in [3.05, 3.63) is 17.0 Å². The van der Waals surface area contributed by atoms with E-state index >= 15 is 0 Å². The molecule has 1 atom stereocenters. The van der Waals surface area contributed by atoms with Crippen LogP contribution >= 0.6 is 0 Å². The van der Waals surface area contributed by atoms with Crippen LogP contribution in [0.3, 0.4) is 0 Å². The summed E-state index contributed by atoms with van der Waals surface area (Å²) >= 11 is 0. The molecule has 6 nitrogen and oxygen atoms in total. The molecule has 1 aromatic heterocycles. The second-order valence-corrected chi connectivity index (χ2v) is 4.47. The van der Waals surface area contributed by atoms with Crippen molar-refractivity contribution in [1.82, 2.24) is 15.5 Å². The van der Waals surface area contributed by atoms with Gasteiger partial charge in [-0.15, -0.1) is 0 Å². The highest BCUT2D eigenvalue weighted by Gasteiger charge is 2.16. The minimum Gasteiger partial charge on any atom is -0.481 e. The van der Waals surface area contributed by atoms with Gasteiger partial charge in [-0.25, -0.2) is 0 Å². The van der Waals surface area contributed by atoms with Gasteiger partial charge in [0.1, 0.15) is 0 Å². The third-order valence-corrected chi connectivity index (χ3v) is 2.76. The number of aliphatic carboxylic acids is 1.